The van der Waals surface area contributed by atoms with Crippen LogP contribution in [0.15, 0.2) is 60.7 Å². The smallest absolute Gasteiger partial charge is 0.236 e. The molecule has 5 rings (SSSR count). The summed E-state index contributed by atoms with van der Waals surface area (Å²) in [5.74, 6) is 0.990. The number of benzene rings is 3. The Balaban J connectivity index is 1.67. The summed E-state index contributed by atoms with van der Waals surface area (Å²) in [5, 5.41) is 7.04. The second-order valence-corrected chi connectivity index (χ2v) is 9.87. The predicted octanol–water partition coefficient (Wildman–Crippen LogP) is 5.51. The van der Waals surface area contributed by atoms with Crippen molar-refractivity contribution in [2.24, 2.45) is 5.92 Å². The fourth-order valence-corrected chi connectivity index (χ4v) is 5.79. The largest absolute Gasteiger partial charge is 0.495 e. The van der Waals surface area contributed by atoms with Gasteiger partial charge < -0.3 is 24.8 Å². The molecule has 0 aliphatic carbocycles. The fraction of sp³-hybridized carbons (Fsp3) is 0.310. The van der Waals surface area contributed by atoms with E-state index < -0.39 is 17.7 Å². The number of ether oxygens (including phenoxy) is 3. The molecule has 1 saturated heterocycles. The SMILES string of the molecule is CCOc1cccc2c1O[C@@]1(C)[C@@H](C(=O)Nc3ccc(C)cc3C)[C@H]2NC(=S)N1c1ccccc1OC. The molecule has 2 aliphatic heterocycles. The van der Waals surface area contributed by atoms with Crippen molar-refractivity contribution in [3.63, 3.8) is 0 Å². The molecule has 192 valence electrons. The number of methoxy groups -OCH3 is 1. The summed E-state index contributed by atoms with van der Waals surface area (Å²) in [6, 6.07) is 18.8. The Labute approximate surface area is 222 Å². The summed E-state index contributed by atoms with van der Waals surface area (Å²) in [7, 11) is 1.61. The summed E-state index contributed by atoms with van der Waals surface area (Å²) in [6.07, 6.45) is 0. The number of fused-ring (bicyclic) bond motifs is 4. The first kappa shape index (κ1) is 24.9. The molecule has 7 nitrogen and oxygen atoms in total. The van der Waals surface area contributed by atoms with E-state index in [-0.39, 0.29) is 5.91 Å². The minimum atomic E-state index is -1.19. The van der Waals surface area contributed by atoms with Gasteiger partial charge in [0.15, 0.2) is 22.3 Å². The predicted molar refractivity (Wildman–Crippen MR) is 149 cm³/mol. The first-order valence-electron chi connectivity index (χ1n) is 12.3. The fourth-order valence-electron chi connectivity index (χ4n) is 5.38. The molecule has 3 aromatic carbocycles. The molecule has 2 aliphatic rings. The lowest BCUT2D eigenvalue weighted by Crippen LogP contribution is -2.72. The van der Waals surface area contributed by atoms with E-state index in [0.29, 0.717) is 34.7 Å². The number of nitrogens with zero attached hydrogens (tertiary/aromatic N) is 1. The number of rotatable bonds is 6. The average Bonchev–Trinajstić information content (AvgIpc) is 2.86. The van der Waals surface area contributed by atoms with E-state index in [2.05, 4.69) is 10.6 Å². The lowest BCUT2D eigenvalue weighted by Gasteiger charge is -2.56. The summed E-state index contributed by atoms with van der Waals surface area (Å²) in [6.45, 7) is 8.33. The van der Waals surface area contributed by atoms with Gasteiger partial charge in [-0.1, -0.05) is 42.0 Å². The quantitative estimate of drug-likeness (QED) is 0.418. The molecule has 3 atom stereocenters. The second kappa shape index (κ2) is 9.59. The third-order valence-electron chi connectivity index (χ3n) is 7.04. The van der Waals surface area contributed by atoms with Crippen LogP contribution in [-0.4, -0.2) is 30.5 Å². The molecule has 0 unspecified atom stereocenters. The van der Waals surface area contributed by atoms with E-state index in [9.17, 15) is 4.79 Å². The van der Waals surface area contributed by atoms with Crippen LogP contribution in [0.5, 0.6) is 17.2 Å². The van der Waals surface area contributed by atoms with Crippen LogP contribution in [0.1, 0.15) is 36.6 Å². The summed E-state index contributed by atoms with van der Waals surface area (Å²) < 4.78 is 18.4. The number of para-hydroxylation sites is 3. The van der Waals surface area contributed by atoms with E-state index in [1.54, 1.807) is 7.11 Å². The van der Waals surface area contributed by atoms with Gasteiger partial charge >= 0.3 is 0 Å². The first-order chi connectivity index (χ1) is 17.8. The van der Waals surface area contributed by atoms with Gasteiger partial charge in [-0.15, -0.1) is 0 Å². The van der Waals surface area contributed by atoms with Crippen LogP contribution >= 0.6 is 12.2 Å². The number of aryl methyl sites for hydroxylation is 2. The summed E-state index contributed by atoms with van der Waals surface area (Å²) in [4.78, 5) is 16.0. The Morgan fingerprint density at radius 2 is 1.89 bits per heavy atom. The number of anilines is 2. The minimum absolute atomic E-state index is 0.179. The van der Waals surface area contributed by atoms with Gasteiger partial charge in [-0.25, -0.2) is 0 Å². The monoisotopic (exact) mass is 517 g/mol. The van der Waals surface area contributed by atoms with Gasteiger partial charge in [0, 0.05) is 11.3 Å². The zero-order chi connectivity index (χ0) is 26.3. The van der Waals surface area contributed by atoms with Gasteiger partial charge in [0.25, 0.3) is 0 Å². The third kappa shape index (κ3) is 4.15. The lowest BCUT2D eigenvalue weighted by atomic mass is 9.78. The molecule has 3 aromatic rings. The van der Waals surface area contributed by atoms with Gasteiger partial charge in [0.2, 0.25) is 5.91 Å². The molecule has 2 heterocycles. The third-order valence-corrected chi connectivity index (χ3v) is 7.34. The second-order valence-electron chi connectivity index (χ2n) is 9.48. The van der Waals surface area contributed by atoms with Crippen LogP contribution in [0.4, 0.5) is 11.4 Å². The Morgan fingerprint density at radius 3 is 2.62 bits per heavy atom. The Kier molecular flexibility index (Phi) is 6.45. The standard InChI is InChI=1S/C29H31N3O4S/c1-6-35-23-13-9-10-19-25-24(27(33)30-20-15-14-17(2)16-18(20)3)29(4,36-26(19)23)32(28(37)31-25)21-11-7-8-12-22(21)34-5/h7-16,24-25H,6H2,1-5H3,(H,30,33)(H,31,37)/t24-,25+,29+/m1/s1. The van der Waals surface area contributed by atoms with Crippen LogP contribution in [0.2, 0.25) is 0 Å². The molecule has 8 heteroatoms. The molecular weight excluding hydrogens is 486 g/mol. The van der Waals surface area contributed by atoms with Gasteiger partial charge in [-0.3, -0.25) is 9.69 Å². The van der Waals surface area contributed by atoms with E-state index >= 15 is 0 Å². The zero-order valence-corrected chi connectivity index (χ0v) is 22.4. The van der Waals surface area contributed by atoms with Crippen LogP contribution in [0.3, 0.4) is 0 Å². The van der Waals surface area contributed by atoms with E-state index in [4.69, 9.17) is 26.4 Å². The maximum absolute atomic E-state index is 14.1. The average molecular weight is 518 g/mol. The van der Waals surface area contributed by atoms with Crippen molar-refractivity contribution < 1.29 is 19.0 Å². The first-order valence-corrected chi connectivity index (χ1v) is 12.8. The highest BCUT2D eigenvalue weighted by atomic mass is 32.1. The Bertz CT molecular complexity index is 1380. The highest BCUT2D eigenvalue weighted by molar-refractivity contribution is 7.80. The molecule has 2 bridgehead atoms. The highest BCUT2D eigenvalue weighted by Gasteiger charge is 2.60. The summed E-state index contributed by atoms with van der Waals surface area (Å²) >= 11 is 5.88. The van der Waals surface area contributed by atoms with E-state index in [0.717, 1.165) is 22.4 Å². The molecule has 1 amide bonds. The van der Waals surface area contributed by atoms with Crippen molar-refractivity contribution in [1.29, 1.82) is 0 Å². The lowest BCUT2D eigenvalue weighted by molar-refractivity contribution is -0.130. The molecule has 1 fully saturated rings. The number of carbonyl (C=O) groups excluding carboxylic acids is 1. The van der Waals surface area contributed by atoms with Crippen LogP contribution < -0.4 is 29.7 Å². The van der Waals surface area contributed by atoms with Gasteiger partial charge in [-0.2, -0.15) is 0 Å². The van der Waals surface area contributed by atoms with Crippen LogP contribution in [0, 0.1) is 19.8 Å². The van der Waals surface area contributed by atoms with Crippen molar-refractivity contribution in [2.75, 3.05) is 23.9 Å². The van der Waals surface area contributed by atoms with Crippen LogP contribution in [0.25, 0.3) is 0 Å². The van der Waals surface area contributed by atoms with Crippen molar-refractivity contribution in [1.82, 2.24) is 5.32 Å². The molecular formula is C29H31N3O4S. The van der Waals surface area contributed by atoms with Crippen molar-refractivity contribution >= 4 is 34.6 Å². The molecule has 37 heavy (non-hydrogen) atoms. The molecule has 0 spiro atoms. The molecule has 2 N–H and O–H groups in total. The van der Waals surface area contributed by atoms with E-state index in [1.807, 2.05) is 93.3 Å². The number of nitrogens with one attached hydrogen (secondary N) is 2. The van der Waals surface area contributed by atoms with Crippen molar-refractivity contribution in [3.8, 4) is 17.2 Å². The van der Waals surface area contributed by atoms with Gasteiger partial charge in [0.05, 0.1) is 25.4 Å². The summed E-state index contributed by atoms with van der Waals surface area (Å²) in [5.41, 5.74) is 3.22. The van der Waals surface area contributed by atoms with Crippen molar-refractivity contribution in [2.45, 2.75) is 39.5 Å². The van der Waals surface area contributed by atoms with Gasteiger partial charge in [-0.05, 0) is 69.7 Å². The Hall–Kier alpha value is -3.78. The van der Waals surface area contributed by atoms with Crippen LogP contribution in [-0.2, 0) is 4.79 Å². The number of thiocarbonyl (C=S) groups is 1. The zero-order valence-electron chi connectivity index (χ0n) is 21.6. The van der Waals surface area contributed by atoms with Gasteiger partial charge in [0.1, 0.15) is 11.7 Å². The number of hydrogen-bond donors (Lipinski definition) is 2. The van der Waals surface area contributed by atoms with E-state index in [1.165, 1.54) is 0 Å². The molecule has 0 aromatic heterocycles. The highest BCUT2D eigenvalue weighted by Crippen LogP contribution is 2.53. The minimum Gasteiger partial charge on any atom is -0.495 e. The Morgan fingerprint density at radius 1 is 1.14 bits per heavy atom. The topological polar surface area (TPSA) is 72.1 Å². The normalized spacial score (nSPS) is 21.9. The van der Waals surface area contributed by atoms with Crippen molar-refractivity contribution in [3.05, 3.63) is 77.4 Å². The number of carbonyl (C=O) groups is 1. The maximum Gasteiger partial charge on any atom is 0.236 e. The number of hydrogen-bond acceptors (Lipinski definition) is 5. The molecule has 0 radical (unpaired) electrons. The maximum atomic E-state index is 14.1. The number of amides is 1. The molecule has 0 saturated carbocycles.